The number of nitrogens with zero attached hydrogens (tertiary/aromatic N) is 3. The fourth-order valence-electron chi connectivity index (χ4n) is 2.57. The molecule has 1 N–H and O–H groups in total. The lowest BCUT2D eigenvalue weighted by Crippen LogP contribution is -2.32. The van der Waals surface area contributed by atoms with Crippen molar-refractivity contribution in [1.29, 1.82) is 0 Å². The zero-order chi connectivity index (χ0) is 12.7. The van der Waals surface area contributed by atoms with Crippen LogP contribution in [0.25, 0.3) is 0 Å². The molecule has 1 aromatic heterocycles. The van der Waals surface area contributed by atoms with E-state index in [9.17, 15) is 0 Å². The molecule has 1 unspecified atom stereocenters. The minimum atomic E-state index is 0.616. The summed E-state index contributed by atoms with van der Waals surface area (Å²) in [5.41, 5.74) is 2.62. The molecule has 2 aromatic rings. The van der Waals surface area contributed by atoms with Crippen LogP contribution in [-0.2, 0) is 13.5 Å². The monoisotopic (exact) mass is 260 g/mol. The average Bonchev–Trinajstić information content (AvgIpc) is 2.69. The van der Waals surface area contributed by atoms with Crippen LogP contribution in [0.4, 0.5) is 11.6 Å². The number of rotatable bonds is 1. The van der Waals surface area contributed by atoms with Gasteiger partial charge >= 0.3 is 0 Å². The highest BCUT2D eigenvalue weighted by Crippen LogP contribution is 2.33. The predicted molar refractivity (Wildman–Crippen MR) is 74.7 cm³/mol. The van der Waals surface area contributed by atoms with E-state index < -0.39 is 0 Å². The van der Waals surface area contributed by atoms with Gasteiger partial charge in [-0.3, -0.25) is 4.57 Å². The van der Waals surface area contributed by atoms with Crippen LogP contribution >= 0.6 is 12.2 Å². The van der Waals surface area contributed by atoms with Crippen molar-refractivity contribution >= 4 is 23.9 Å². The van der Waals surface area contributed by atoms with Crippen molar-refractivity contribution in [2.45, 2.75) is 13.3 Å². The lowest BCUT2D eigenvalue weighted by atomic mass is 9.94. The Labute approximate surface area is 111 Å². The molecule has 18 heavy (non-hydrogen) atoms. The molecule has 1 aliphatic rings. The summed E-state index contributed by atoms with van der Waals surface area (Å²) in [6, 6.07) is 8.51. The van der Waals surface area contributed by atoms with E-state index in [0.717, 1.165) is 18.9 Å². The molecule has 0 bridgehead atoms. The second-order valence-corrected chi connectivity index (χ2v) is 5.32. The summed E-state index contributed by atoms with van der Waals surface area (Å²) in [6.07, 6.45) is 1.13. The van der Waals surface area contributed by atoms with Gasteiger partial charge in [0.05, 0.1) is 0 Å². The van der Waals surface area contributed by atoms with E-state index in [-0.39, 0.29) is 0 Å². The minimum Gasteiger partial charge on any atom is -0.310 e. The van der Waals surface area contributed by atoms with Gasteiger partial charge < -0.3 is 4.90 Å². The van der Waals surface area contributed by atoms with E-state index >= 15 is 0 Å². The number of anilines is 2. The summed E-state index contributed by atoms with van der Waals surface area (Å²) in [6.45, 7) is 3.24. The molecule has 0 fully saturated rings. The third-order valence-electron chi connectivity index (χ3n) is 3.44. The molecule has 0 radical (unpaired) electrons. The Hall–Kier alpha value is -1.62. The smallest absolute Gasteiger partial charge is 0.229 e. The quantitative estimate of drug-likeness (QED) is 0.801. The number of benzene rings is 1. The Bertz CT molecular complexity index is 628. The van der Waals surface area contributed by atoms with Crippen LogP contribution in [0.3, 0.4) is 0 Å². The number of hydrogen-bond acceptors (Lipinski definition) is 3. The SMILES string of the molecule is CC1Cc2ccccc2N(c2n[nH]c(=S)n2C)C1. The molecule has 0 aliphatic carbocycles. The maximum absolute atomic E-state index is 5.19. The van der Waals surface area contributed by atoms with Gasteiger partial charge in [-0.1, -0.05) is 25.1 Å². The Kier molecular flexibility index (Phi) is 2.70. The van der Waals surface area contributed by atoms with E-state index in [1.54, 1.807) is 0 Å². The first-order valence-electron chi connectivity index (χ1n) is 6.13. The van der Waals surface area contributed by atoms with Gasteiger partial charge in [-0.15, -0.1) is 5.10 Å². The summed E-state index contributed by atoms with van der Waals surface area (Å²) in [5.74, 6) is 1.50. The number of hydrogen-bond donors (Lipinski definition) is 1. The summed E-state index contributed by atoms with van der Waals surface area (Å²) in [7, 11) is 1.95. The van der Waals surface area contributed by atoms with Crippen molar-refractivity contribution in [2.24, 2.45) is 13.0 Å². The fraction of sp³-hybridized carbons (Fsp3) is 0.385. The number of H-pyrrole nitrogens is 1. The molecular weight excluding hydrogens is 244 g/mol. The first-order chi connectivity index (χ1) is 8.66. The molecule has 1 atom stereocenters. The molecular formula is C13H16N4S. The lowest BCUT2D eigenvalue weighted by molar-refractivity contribution is 0.553. The lowest BCUT2D eigenvalue weighted by Gasteiger charge is -2.33. The van der Waals surface area contributed by atoms with E-state index in [0.29, 0.717) is 10.7 Å². The van der Waals surface area contributed by atoms with Crippen LogP contribution in [0.15, 0.2) is 24.3 Å². The van der Waals surface area contributed by atoms with Crippen LogP contribution in [0.5, 0.6) is 0 Å². The molecule has 3 rings (SSSR count). The van der Waals surface area contributed by atoms with Gasteiger partial charge in [-0.2, -0.15) is 0 Å². The maximum atomic E-state index is 5.19. The van der Waals surface area contributed by atoms with Crippen LogP contribution in [0.1, 0.15) is 12.5 Å². The number of para-hydroxylation sites is 1. The molecule has 2 heterocycles. The van der Waals surface area contributed by atoms with Crippen molar-refractivity contribution in [1.82, 2.24) is 14.8 Å². The van der Waals surface area contributed by atoms with Crippen LogP contribution in [0, 0.1) is 10.7 Å². The highest BCUT2D eigenvalue weighted by atomic mass is 32.1. The van der Waals surface area contributed by atoms with Gasteiger partial charge in [0.25, 0.3) is 0 Å². The predicted octanol–water partition coefficient (Wildman–Crippen LogP) is 2.81. The van der Waals surface area contributed by atoms with E-state index in [4.69, 9.17) is 12.2 Å². The van der Waals surface area contributed by atoms with Crippen molar-refractivity contribution < 1.29 is 0 Å². The highest BCUT2D eigenvalue weighted by Gasteiger charge is 2.25. The van der Waals surface area contributed by atoms with Crippen molar-refractivity contribution in [2.75, 3.05) is 11.4 Å². The molecule has 5 heteroatoms. The molecule has 0 spiro atoms. The van der Waals surface area contributed by atoms with Gasteiger partial charge in [-0.05, 0) is 36.2 Å². The Morgan fingerprint density at radius 2 is 2.17 bits per heavy atom. The molecule has 94 valence electrons. The van der Waals surface area contributed by atoms with Gasteiger partial charge in [-0.25, -0.2) is 5.10 Å². The molecule has 1 aromatic carbocycles. The van der Waals surface area contributed by atoms with E-state index in [1.807, 2.05) is 11.6 Å². The van der Waals surface area contributed by atoms with Crippen molar-refractivity contribution in [3.63, 3.8) is 0 Å². The summed E-state index contributed by atoms with van der Waals surface area (Å²) in [5, 5.41) is 7.20. The third-order valence-corrected chi connectivity index (χ3v) is 3.81. The second kappa shape index (κ2) is 4.24. The average molecular weight is 260 g/mol. The molecule has 0 saturated carbocycles. The zero-order valence-corrected chi connectivity index (χ0v) is 11.4. The first kappa shape index (κ1) is 11.5. The van der Waals surface area contributed by atoms with Crippen LogP contribution < -0.4 is 4.90 Å². The molecule has 0 amide bonds. The number of aromatic amines is 1. The Morgan fingerprint density at radius 1 is 1.39 bits per heavy atom. The summed E-state index contributed by atoms with van der Waals surface area (Å²) in [4.78, 5) is 2.25. The van der Waals surface area contributed by atoms with Crippen molar-refractivity contribution in [3.05, 3.63) is 34.6 Å². The van der Waals surface area contributed by atoms with Crippen molar-refractivity contribution in [3.8, 4) is 0 Å². The summed E-state index contributed by atoms with van der Waals surface area (Å²) < 4.78 is 2.57. The zero-order valence-electron chi connectivity index (χ0n) is 10.6. The van der Waals surface area contributed by atoms with Gasteiger partial charge in [0.1, 0.15) is 0 Å². The Morgan fingerprint density at radius 3 is 2.89 bits per heavy atom. The largest absolute Gasteiger partial charge is 0.310 e. The second-order valence-electron chi connectivity index (χ2n) is 4.94. The van der Waals surface area contributed by atoms with Crippen LogP contribution in [-0.4, -0.2) is 21.3 Å². The van der Waals surface area contributed by atoms with Gasteiger partial charge in [0.15, 0.2) is 4.77 Å². The summed E-state index contributed by atoms with van der Waals surface area (Å²) >= 11 is 5.19. The third kappa shape index (κ3) is 1.75. The van der Waals surface area contributed by atoms with Crippen LogP contribution in [0.2, 0.25) is 0 Å². The normalized spacial score (nSPS) is 18.8. The first-order valence-corrected chi connectivity index (χ1v) is 6.54. The van der Waals surface area contributed by atoms with Gasteiger partial charge in [0.2, 0.25) is 5.95 Å². The minimum absolute atomic E-state index is 0.616. The van der Waals surface area contributed by atoms with E-state index in [1.165, 1.54) is 11.3 Å². The number of aromatic nitrogens is 3. The van der Waals surface area contributed by atoms with E-state index in [2.05, 4.69) is 46.3 Å². The van der Waals surface area contributed by atoms with Gasteiger partial charge in [0, 0.05) is 19.3 Å². The molecule has 4 nitrogen and oxygen atoms in total. The fourth-order valence-corrected chi connectivity index (χ4v) is 2.69. The molecule has 0 saturated heterocycles. The standard InChI is InChI=1S/C13H16N4S/c1-9-7-10-5-3-4-6-11(10)17(8-9)12-14-15-13(18)16(12)2/h3-6,9H,7-8H2,1-2H3,(H,15,18). The molecule has 1 aliphatic heterocycles. The number of nitrogens with one attached hydrogen (secondary N) is 1. The Balaban J connectivity index is 2.13. The maximum Gasteiger partial charge on any atom is 0.229 e. The highest BCUT2D eigenvalue weighted by molar-refractivity contribution is 7.71. The topological polar surface area (TPSA) is 36.9 Å². The number of fused-ring (bicyclic) bond motifs is 1.